The third-order valence-electron chi connectivity index (χ3n) is 2.88. The van der Waals surface area contributed by atoms with Crippen molar-refractivity contribution in [1.29, 1.82) is 0 Å². The van der Waals surface area contributed by atoms with E-state index < -0.39 is 0 Å². The summed E-state index contributed by atoms with van der Waals surface area (Å²) in [5.41, 5.74) is 1.25. The molecule has 0 radical (unpaired) electrons. The fourth-order valence-corrected chi connectivity index (χ4v) is 1.93. The van der Waals surface area contributed by atoms with Crippen molar-refractivity contribution in [2.45, 2.75) is 39.4 Å². The minimum absolute atomic E-state index is 0.898. The van der Waals surface area contributed by atoms with Gasteiger partial charge in [-0.3, -0.25) is 4.68 Å². The molecule has 2 aromatic rings. The molecule has 5 heteroatoms. The Balaban J connectivity index is 1.76. The number of aryl methyl sites for hydroxylation is 2. The van der Waals surface area contributed by atoms with E-state index in [2.05, 4.69) is 26.9 Å². The normalized spacial score (nSPS) is 10.9. The third kappa shape index (κ3) is 3.70. The first-order chi connectivity index (χ1) is 8.90. The molecule has 0 aliphatic carbocycles. The zero-order valence-corrected chi connectivity index (χ0v) is 10.9. The number of hydrogen-bond donors (Lipinski definition) is 1. The summed E-state index contributed by atoms with van der Waals surface area (Å²) in [7, 11) is 0. The summed E-state index contributed by atoms with van der Waals surface area (Å²) in [6.07, 6.45) is 9.89. The van der Waals surface area contributed by atoms with Crippen molar-refractivity contribution in [2.75, 3.05) is 6.54 Å². The summed E-state index contributed by atoms with van der Waals surface area (Å²) in [5, 5.41) is 7.60. The SMILES string of the molecule is CCCNCc1cncn1CCCn1cccn1. The molecule has 2 heterocycles. The van der Waals surface area contributed by atoms with Gasteiger partial charge in [-0.2, -0.15) is 5.10 Å². The van der Waals surface area contributed by atoms with Crippen LogP contribution in [-0.4, -0.2) is 25.9 Å². The molecule has 2 rings (SSSR count). The van der Waals surface area contributed by atoms with Crippen LogP contribution in [0, 0.1) is 0 Å². The van der Waals surface area contributed by atoms with Gasteiger partial charge in [0.25, 0.3) is 0 Å². The standard InChI is InChI=1S/C13H21N5/c1-2-5-14-10-13-11-15-12-17(13)7-4-9-18-8-3-6-16-18/h3,6,8,11-12,14H,2,4-5,7,9-10H2,1H3. The number of hydrogen-bond acceptors (Lipinski definition) is 3. The number of nitrogens with one attached hydrogen (secondary N) is 1. The molecule has 1 N–H and O–H groups in total. The highest BCUT2D eigenvalue weighted by Crippen LogP contribution is 2.02. The highest BCUT2D eigenvalue weighted by molar-refractivity contribution is 4.97. The molecule has 2 aromatic heterocycles. The van der Waals surface area contributed by atoms with Gasteiger partial charge in [-0.15, -0.1) is 0 Å². The molecule has 98 valence electrons. The van der Waals surface area contributed by atoms with Crippen molar-refractivity contribution >= 4 is 0 Å². The maximum Gasteiger partial charge on any atom is 0.0948 e. The minimum Gasteiger partial charge on any atom is -0.333 e. The Bertz CT molecular complexity index is 432. The van der Waals surface area contributed by atoms with E-state index in [-0.39, 0.29) is 0 Å². The zero-order chi connectivity index (χ0) is 12.6. The molecule has 18 heavy (non-hydrogen) atoms. The molecule has 0 spiro atoms. The molecule has 0 atom stereocenters. The largest absolute Gasteiger partial charge is 0.333 e. The van der Waals surface area contributed by atoms with Gasteiger partial charge in [-0.25, -0.2) is 4.98 Å². The maximum absolute atomic E-state index is 4.22. The second kappa shape index (κ2) is 6.96. The molecular weight excluding hydrogens is 226 g/mol. The van der Waals surface area contributed by atoms with Crippen LogP contribution in [0.2, 0.25) is 0 Å². The minimum atomic E-state index is 0.898. The van der Waals surface area contributed by atoms with Gasteiger partial charge >= 0.3 is 0 Å². The Kier molecular flexibility index (Phi) is 4.96. The lowest BCUT2D eigenvalue weighted by Gasteiger charge is -2.08. The smallest absolute Gasteiger partial charge is 0.0948 e. The molecule has 0 saturated carbocycles. The molecule has 5 nitrogen and oxygen atoms in total. The lowest BCUT2D eigenvalue weighted by molar-refractivity contribution is 0.512. The average Bonchev–Trinajstić information content (AvgIpc) is 3.02. The van der Waals surface area contributed by atoms with Crippen LogP contribution in [0.4, 0.5) is 0 Å². The van der Waals surface area contributed by atoms with Gasteiger partial charge < -0.3 is 9.88 Å². The third-order valence-corrected chi connectivity index (χ3v) is 2.88. The second-order valence-corrected chi connectivity index (χ2v) is 4.38. The average molecular weight is 247 g/mol. The fourth-order valence-electron chi connectivity index (χ4n) is 1.93. The van der Waals surface area contributed by atoms with Crippen molar-refractivity contribution in [3.05, 3.63) is 36.7 Å². The van der Waals surface area contributed by atoms with E-state index in [0.29, 0.717) is 0 Å². The molecular formula is C13H21N5. The molecule has 0 amide bonds. The van der Waals surface area contributed by atoms with Crippen LogP contribution < -0.4 is 5.32 Å². The number of aromatic nitrogens is 4. The highest BCUT2D eigenvalue weighted by Gasteiger charge is 2.01. The molecule has 0 aliphatic rings. The van der Waals surface area contributed by atoms with Crippen LogP contribution in [0.3, 0.4) is 0 Å². The molecule has 0 bridgehead atoms. The van der Waals surface area contributed by atoms with Crippen molar-refractivity contribution in [2.24, 2.45) is 0 Å². The highest BCUT2D eigenvalue weighted by atomic mass is 15.3. The van der Waals surface area contributed by atoms with Gasteiger partial charge in [0.2, 0.25) is 0 Å². The topological polar surface area (TPSA) is 47.7 Å². The Morgan fingerprint density at radius 1 is 1.33 bits per heavy atom. The van der Waals surface area contributed by atoms with E-state index in [1.807, 2.05) is 35.7 Å². The van der Waals surface area contributed by atoms with Crippen molar-refractivity contribution in [3.63, 3.8) is 0 Å². The van der Waals surface area contributed by atoms with E-state index in [1.54, 1.807) is 0 Å². The van der Waals surface area contributed by atoms with Gasteiger partial charge in [-0.05, 0) is 25.5 Å². The van der Waals surface area contributed by atoms with Crippen molar-refractivity contribution in [3.8, 4) is 0 Å². The summed E-state index contributed by atoms with van der Waals surface area (Å²) >= 11 is 0. The van der Waals surface area contributed by atoms with Crippen LogP contribution in [-0.2, 0) is 19.6 Å². The summed E-state index contributed by atoms with van der Waals surface area (Å²) < 4.78 is 4.18. The summed E-state index contributed by atoms with van der Waals surface area (Å²) in [4.78, 5) is 4.22. The molecule has 0 unspecified atom stereocenters. The second-order valence-electron chi connectivity index (χ2n) is 4.38. The van der Waals surface area contributed by atoms with Gasteiger partial charge in [0.15, 0.2) is 0 Å². The molecule has 0 saturated heterocycles. The lowest BCUT2D eigenvalue weighted by Crippen LogP contribution is -2.17. The number of imidazole rings is 1. The van der Waals surface area contributed by atoms with Gasteiger partial charge in [0, 0.05) is 38.2 Å². The van der Waals surface area contributed by atoms with Crippen LogP contribution in [0.1, 0.15) is 25.5 Å². The van der Waals surface area contributed by atoms with Crippen LogP contribution in [0.5, 0.6) is 0 Å². The molecule has 0 aliphatic heterocycles. The Hall–Kier alpha value is -1.62. The van der Waals surface area contributed by atoms with Gasteiger partial charge in [-0.1, -0.05) is 6.92 Å². The first kappa shape index (κ1) is 12.8. The predicted molar refractivity (Wildman–Crippen MR) is 71.1 cm³/mol. The quantitative estimate of drug-likeness (QED) is 0.722. The summed E-state index contributed by atoms with van der Waals surface area (Å²) in [5.74, 6) is 0. The summed E-state index contributed by atoms with van der Waals surface area (Å²) in [6.45, 7) is 6.07. The Morgan fingerprint density at radius 3 is 3.06 bits per heavy atom. The van der Waals surface area contributed by atoms with Gasteiger partial charge in [0.05, 0.1) is 12.0 Å². The zero-order valence-electron chi connectivity index (χ0n) is 10.9. The van der Waals surface area contributed by atoms with Crippen molar-refractivity contribution in [1.82, 2.24) is 24.6 Å². The van der Waals surface area contributed by atoms with Crippen LogP contribution >= 0.6 is 0 Å². The first-order valence-electron chi connectivity index (χ1n) is 6.57. The van der Waals surface area contributed by atoms with E-state index in [0.717, 1.165) is 39.0 Å². The van der Waals surface area contributed by atoms with E-state index in [4.69, 9.17) is 0 Å². The van der Waals surface area contributed by atoms with E-state index >= 15 is 0 Å². The number of nitrogens with zero attached hydrogens (tertiary/aromatic N) is 4. The summed E-state index contributed by atoms with van der Waals surface area (Å²) in [6, 6.07) is 1.96. The van der Waals surface area contributed by atoms with E-state index in [1.165, 1.54) is 5.69 Å². The predicted octanol–water partition coefficient (Wildman–Crippen LogP) is 1.67. The maximum atomic E-state index is 4.22. The molecule has 0 fully saturated rings. The van der Waals surface area contributed by atoms with E-state index in [9.17, 15) is 0 Å². The van der Waals surface area contributed by atoms with Crippen molar-refractivity contribution < 1.29 is 0 Å². The monoisotopic (exact) mass is 247 g/mol. The Morgan fingerprint density at radius 2 is 2.28 bits per heavy atom. The number of rotatable bonds is 8. The van der Waals surface area contributed by atoms with Crippen LogP contribution in [0.15, 0.2) is 31.0 Å². The van der Waals surface area contributed by atoms with Gasteiger partial charge in [0.1, 0.15) is 0 Å². The Labute approximate surface area is 108 Å². The lowest BCUT2D eigenvalue weighted by atomic mass is 10.3. The first-order valence-corrected chi connectivity index (χ1v) is 6.57. The van der Waals surface area contributed by atoms with Crippen LogP contribution in [0.25, 0.3) is 0 Å². The molecule has 0 aromatic carbocycles. The fraction of sp³-hybridized carbons (Fsp3) is 0.538.